The van der Waals surface area contributed by atoms with Crippen LogP contribution in [0.3, 0.4) is 0 Å². The van der Waals surface area contributed by atoms with Crippen LogP contribution < -0.4 is 25.5 Å². The maximum absolute atomic E-state index is 13.0. The van der Waals surface area contributed by atoms with Crippen molar-refractivity contribution >= 4 is 68.0 Å². The highest BCUT2D eigenvalue weighted by Crippen LogP contribution is 2.33. The van der Waals surface area contributed by atoms with E-state index in [2.05, 4.69) is 59.7 Å². The second-order valence-electron chi connectivity index (χ2n) is 7.17. The van der Waals surface area contributed by atoms with Crippen LogP contribution in [0.15, 0.2) is 64.2 Å². The average molecular weight is 655 g/mol. The molecule has 0 aliphatic carbocycles. The van der Waals surface area contributed by atoms with E-state index < -0.39 is 17.8 Å². The lowest BCUT2D eigenvalue weighted by molar-refractivity contribution is -0.118. The lowest BCUT2D eigenvalue weighted by Crippen LogP contribution is -2.24. The number of anilines is 2. The van der Waals surface area contributed by atoms with Crippen molar-refractivity contribution in [2.45, 2.75) is 6.92 Å². The molecule has 3 amide bonds. The van der Waals surface area contributed by atoms with E-state index in [-0.39, 0.29) is 6.61 Å². The van der Waals surface area contributed by atoms with Crippen LogP contribution in [0.2, 0.25) is 0 Å². The molecule has 8 nitrogen and oxygen atoms in total. The molecule has 0 atom stereocenters. The Kier molecular flexibility index (Phi) is 9.43. The number of nitrogens with zero attached hydrogens (tertiary/aromatic N) is 1. The van der Waals surface area contributed by atoms with Gasteiger partial charge in [-0.2, -0.15) is 5.10 Å². The van der Waals surface area contributed by atoms with Gasteiger partial charge in [-0.1, -0.05) is 15.9 Å². The topological polar surface area (TPSA) is 101 Å². The molecular formula is C24H21BrFIN4O4. The summed E-state index contributed by atoms with van der Waals surface area (Å²) in [6.45, 7) is 1.65. The third-order valence-corrected chi connectivity index (χ3v) is 6.21. The molecule has 0 aliphatic rings. The number of ether oxygens (including phenoxy) is 2. The molecule has 0 saturated carbocycles. The molecule has 3 rings (SSSR count). The highest BCUT2D eigenvalue weighted by Gasteiger charge is 2.13. The fraction of sp³-hybridized carbons (Fsp3) is 0.125. The number of carbonyl (C=O) groups is 2. The fourth-order valence-corrected chi connectivity index (χ4v) is 3.90. The molecule has 0 bridgehead atoms. The number of amides is 3. The molecule has 0 fully saturated rings. The Labute approximate surface area is 223 Å². The number of methoxy groups -OCH3 is 1. The molecule has 3 N–H and O–H groups in total. The first-order valence-electron chi connectivity index (χ1n) is 10.2. The minimum absolute atomic E-state index is 0.269. The van der Waals surface area contributed by atoms with Crippen molar-refractivity contribution < 1.29 is 23.5 Å². The van der Waals surface area contributed by atoms with Crippen LogP contribution in [0, 0.1) is 16.3 Å². The highest BCUT2D eigenvalue weighted by molar-refractivity contribution is 14.1. The van der Waals surface area contributed by atoms with Gasteiger partial charge in [-0.25, -0.2) is 14.6 Å². The van der Waals surface area contributed by atoms with Gasteiger partial charge in [0.15, 0.2) is 18.1 Å². The molecule has 35 heavy (non-hydrogen) atoms. The Morgan fingerprint density at radius 3 is 2.49 bits per heavy atom. The lowest BCUT2D eigenvalue weighted by atomic mass is 10.2. The summed E-state index contributed by atoms with van der Waals surface area (Å²) >= 11 is 5.47. The molecule has 0 heterocycles. The van der Waals surface area contributed by atoms with Crippen molar-refractivity contribution in [1.29, 1.82) is 0 Å². The van der Waals surface area contributed by atoms with Crippen molar-refractivity contribution in [3.63, 3.8) is 0 Å². The number of hydrogen-bond donors (Lipinski definition) is 3. The van der Waals surface area contributed by atoms with Crippen LogP contribution in [0.5, 0.6) is 11.5 Å². The minimum atomic E-state index is -0.489. The van der Waals surface area contributed by atoms with Crippen molar-refractivity contribution in [2.24, 2.45) is 5.10 Å². The van der Waals surface area contributed by atoms with Crippen molar-refractivity contribution in [2.75, 3.05) is 24.4 Å². The number of aryl methyl sites for hydroxylation is 1. The Morgan fingerprint density at radius 1 is 1.09 bits per heavy atom. The van der Waals surface area contributed by atoms with E-state index in [0.29, 0.717) is 32.0 Å². The fourth-order valence-electron chi connectivity index (χ4n) is 2.87. The number of hydrogen-bond acceptors (Lipinski definition) is 5. The number of nitrogens with one attached hydrogen (secondary N) is 3. The van der Waals surface area contributed by atoms with E-state index >= 15 is 0 Å². The summed E-state index contributed by atoms with van der Waals surface area (Å²) in [5, 5.41) is 9.29. The van der Waals surface area contributed by atoms with Crippen molar-refractivity contribution in [3.8, 4) is 11.5 Å². The maximum Gasteiger partial charge on any atom is 0.339 e. The molecule has 0 saturated heterocycles. The molecule has 0 radical (unpaired) electrons. The van der Waals surface area contributed by atoms with E-state index in [1.54, 1.807) is 18.2 Å². The first-order chi connectivity index (χ1) is 16.7. The molecule has 3 aromatic carbocycles. The summed E-state index contributed by atoms with van der Waals surface area (Å²) in [6.07, 6.45) is 1.46. The van der Waals surface area contributed by atoms with Crippen LogP contribution in [0.1, 0.15) is 11.1 Å². The zero-order valence-corrected chi connectivity index (χ0v) is 22.4. The molecule has 0 aromatic heterocycles. The van der Waals surface area contributed by atoms with Crippen LogP contribution in [0.25, 0.3) is 0 Å². The monoisotopic (exact) mass is 654 g/mol. The molecule has 182 valence electrons. The maximum atomic E-state index is 13.0. The Morgan fingerprint density at radius 2 is 1.80 bits per heavy atom. The van der Waals surface area contributed by atoms with E-state index in [1.807, 2.05) is 19.1 Å². The zero-order valence-electron chi connectivity index (χ0n) is 18.7. The number of carbonyl (C=O) groups excluding carboxylic acids is 2. The van der Waals surface area contributed by atoms with Gasteiger partial charge in [0.2, 0.25) is 0 Å². The average Bonchev–Trinajstić information content (AvgIpc) is 2.82. The Bertz CT molecular complexity index is 1260. The van der Waals surface area contributed by atoms with Gasteiger partial charge in [0.05, 0.1) is 16.9 Å². The van der Waals surface area contributed by atoms with Crippen molar-refractivity contribution in [1.82, 2.24) is 5.43 Å². The molecule has 11 heteroatoms. The predicted octanol–water partition coefficient (Wildman–Crippen LogP) is 5.68. The smallest absolute Gasteiger partial charge is 0.339 e. The first-order valence-corrected chi connectivity index (χ1v) is 12.0. The summed E-state index contributed by atoms with van der Waals surface area (Å²) < 4.78 is 25.7. The molecule has 0 unspecified atom stereocenters. The van der Waals surface area contributed by atoms with Gasteiger partial charge in [-0.3, -0.25) is 4.79 Å². The molecule has 3 aromatic rings. The minimum Gasteiger partial charge on any atom is -0.493 e. The third-order valence-electron chi connectivity index (χ3n) is 4.52. The Balaban J connectivity index is 1.58. The van der Waals surface area contributed by atoms with Crippen molar-refractivity contribution in [3.05, 3.63) is 79.6 Å². The van der Waals surface area contributed by atoms with E-state index in [1.165, 1.54) is 37.6 Å². The standard InChI is InChI=1S/C24H21BrFIN4O4/c1-14-9-18(7-8-19(14)25)30-24(33)31-28-12-15-10-20(27)23(21(11-15)34-2)35-13-22(32)29-17-5-3-16(26)4-6-17/h3-12H,13H2,1-2H3,(H,29,32)(H2,30,31,33)/b28-12+. The number of urea groups is 1. The van der Waals surface area contributed by atoms with Gasteiger partial charge in [0, 0.05) is 15.8 Å². The summed E-state index contributed by atoms with van der Waals surface area (Å²) in [6, 6.07) is 13.8. The summed E-state index contributed by atoms with van der Waals surface area (Å²) in [7, 11) is 1.48. The Hall–Kier alpha value is -3.19. The van der Waals surface area contributed by atoms with E-state index in [9.17, 15) is 14.0 Å². The molecular weight excluding hydrogens is 634 g/mol. The number of hydrazone groups is 1. The van der Waals surface area contributed by atoms with Gasteiger partial charge in [0.1, 0.15) is 5.82 Å². The van der Waals surface area contributed by atoms with Gasteiger partial charge < -0.3 is 20.1 Å². The number of halogens is 3. The molecule has 0 aliphatic heterocycles. The normalized spacial score (nSPS) is 10.7. The lowest BCUT2D eigenvalue weighted by Gasteiger charge is -2.13. The summed E-state index contributed by atoms with van der Waals surface area (Å²) in [5.74, 6) is -0.0208. The van der Waals surface area contributed by atoms with Crippen LogP contribution >= 0.6 is 38.5 Å². The van der Waals surface area contributed by atoms with Gasteiger partial charge in [0.25, 0.3) is 5.91 Å². The summed E-state index contributed by atoms with van der Waals surface area (Å²) in [4.78, 5) is 24.3. The van der Waals surface area contributed by atoms with Crippen LogP contribution in [0.4, 0.5) is 20.6 Å². The SMILES string of the molecule is COc1cc(/C=N/NC(=O)Nc2ccc(Br)c(C)c2)cc(I)c1OCC(=O)Nc1ccc(F)cc1. The molecule has 0 spiro atoms. The van der Waals surface area contributed by atoms with E-state index in [4.69, 9.17) is 9.47 Å². The number of benzene rings is 3. The number of rotatable bonds is 8. The second kappa shape index (κ2) is 12.5. The van der Waals surface area contributed by atoms with Crippen LogP contribution in [-0.2, 0) is 4.79 Å². The zero-order chi connectivity index (χ0) is 25.4. The van der Waals surface area contributed by atoms with Gasteiger partial charge >= 0.3 is 6.03 Å². The second-order valence-corrected chi connectivity index (χ2v) is 9.18. The highest BCUT2D eigenvalue weighted by atomic mass is 127. The predicted molar refractivity (Wildman–Crippen MR) is 145 cm³/mol. The van der Waals surface area contributed by atoms with E-state index in [0.717, 1.165) is 10.0 Å². The van der Waals surface area contributed by atoms with Gasteiger partial charge in [-0.05, 0) is 95.2 Å². The van der Waals surface area contributed by atoms with Gasteiger partial charge in [-0.15, -0.1) is 0 Å². The summed E-state index contributed by atoms with van der Waals surface area (Å²) in [5.41, 5.74) is 5.14. The third kappa shape index (κ3) is 7.92. The first kappa shape index (κ1) is 26.4. The largest absolute Gasteiger partial charge is 0.493 e. The quantitative estimate of drug-likeness (QED) is 0.165. The van der Waals surface area contributed by atoms with Crippen LogP contribution in [-0.4, -0.2) is 31.9 Å².